The molecule has 3 amide bonds. The summed E-state index contributed by atoms with van der Waals surface area (Å²) in [5, 5.41) is 10.6. The number of hydrogen-bond acceptors (Lipinski definition) is 5. The van der Waals surface area contributed by atoms with Crippen LogP contribution in [0.5, 0.6) is 0 Å². The number of hydrogen-bond donors (Lipinski definition) is 1. The molecule has 44 heavy (non-hydrogen) atoms. The molecule has 1 aromatic carbocycles. The third kappa shape index (κ3) is 5.81. The van der Waals surface area contributed by atoms with Gasteiger partial charge in [0.25, 0.3) is 0 Å². The number of thioether (sulfide) groups is 1. The van der Waals surface area contributed by atoms with Crippen molar-refractivity contribution in [3.05, 3.63) is 61.2 Å². The smallest absolute Gasteiger partial charge is 0.247 e. The van der Waals surface area contributed by atoms with Gasteiger partial charge >= 0.3 is 0 Å². The van der Waals surface area contributed by atoms with E-state index in [4.69, 9.17) is 0 Å². The second kappa shape index (κ2) is 14.1. The van der Waals surface area contributed by atoms with Crippen LogP contribution in [0, 0.1) is 17.8 Å². The van der Waals surface area contributed by atoms with Crippen molar-refractivity contribution in [3.8, 4) is 0 Å². The zero-order valence-electron chi connectivity index (χ0n) is 26.2. The average molecular weight is 687 g/mol. The predicted octanol–water partition coefficient (Wildman–Crippen LogP) is 5.42. The van der Waals surface area contributed by atoms with Crippen molar-refractivity contribution in [2.75, 3.05) is 19.7 Å². The van der Waals surface area contributed by atoms with Gasteiger partial charge in [-0.2, -0.15) is 0 Å². The third-order valence-corrected chi connectivity index (χ3v) is 13.8. The zero-order chi connectivity index (χ0) is 31.6. The molecule has 9 heteroatoms. The van der Waals surface area contributed by atoms with Gasteiger partial charge in [-0.25, -0.2) is 0 Å². The lowest BCUT2D eigenvalue weighted by Gasteiger charge is -2.43. The van der Waals surface area contributed by atoms with Gasteiger partial charge in [0.15, 0.2) is 0 Å². The predicted molar refractivity (Wildman–Crippen MR) is 180 cm³/mol. The van der Waals surface area contributed by atoms with Crippen molar-refractivity contribution in [3.63, 3.8) is 0 Å². The van der Waals surface area contributed by atoms with Gasteiger partial charge in [-0.15, -0.1) is 24.9 Å². The van der Waals surface area contributed by atoms with Crippen molar-refractivity contribution in [2.45, 2.75) is 98.3 Å². The summed E-state index contributed by atoms with van der Waals surface area (Å²) < 4.78 is -0.755. The number of amides is 3. The maximum atomic E-state index is 15.0. The summed E-state index contributed by atoms with van der Waals surface area (Å²) in [7, 11) is 0. The molecule has 1 saturated carbocycles. The summed E-state index contributed by atoms with van der Waals surface area (Å²) in [4.78, 5) is 49.9. The molecular formula is C35H48BrN3O4S. The number of nitrogens with zero attached hydrogens (tertiary/aromatic N) is 3. The fourth-order valence-electron chi connectivity index (χ4n) is 8.31. The first-order chi connectivity index (χ1) is 21.2. The monoisotopic (exact) mass is 685 g/mol. The Hall–Kier alpha value is -2.10. The van der Waals surface area contributed by atoms with Crippen LogP contribution in [0.3, 0.4) is 0 Å². The Morgan fingerprint density at radius 1 is 1.14 bits per heavy atom. The molecule has 3 heterocycles. The van der Waals surface area contributed by atoms with Crippen LogP contribution in [-0.4, -0.2) is 90.2 Å². The highest BCUT2D eigenvalue weighted by molar-refractivity contribution is 9.09. The highest BCUT2D eigenvalue weighted by Gasteiger charge is 2.76. The molecule has 0 radical (unpaired) electrons. The number of carbonyl (C=O) groups is 3. The molecule has 4 fully saturated rings. The normalized spacial score (nSPS) is 31.0. The summed E-state index contributed by atoms with van der Waals surface area (Å²) in [6.45, 7) is 13.0. The van der Waals surface area contributed by atoms with E-state index in [1.165, 1.54) is 6.42 Å². The Morgan fingerprint density at radius 2 is 1.82 bits per heavy atom. The highest BCUT2D eigenvalue weighted by atomic mass is 79.9. The number of alkyl halides is 1. The topological polar surface area (TPSA) is 81.2 Å². The van der Waals surface area contributed by atoms with E-state index in [1.54, 1.807) is 33.7 Å². The van der Waals surface area contributed by atoms with Crippen molar-refractivity contribution < 1.29 is 19.5 Å². The minimum atomic E-state index is -0.755. The number of rotatable bonds is 13. The number of likely N-dealkylation sites (tertiary alicyclic amines) is 1. The van der Waals surface area contributed by atoms with Gasteiger partial charge in [-0.1, -0.05) is 97.9 Å². The molecule has 7 nitrogen and oxygen atoms in total. The second-order valence-electron chi connectivity index (χ2n) is 13.1. The molecule has 1 spiro atoms. The molecule has 0 aromatic heterocycles. The summed E-state index contributed by atoms with van der Waals surface area (Å²) in [6.07, 6.45) is 10.1. The fraction of sp³-hybridized carbons (Fsp3) is 0.629. The maximum absolute atomic E-state index is 15.0. The van der Waals surface area contributed by atoms with E-state index < -0.39 is 28.7 Å². The second-order valence-corrected chi connectivity index (χ2v) is 15.8. The van der Waals surface area contributed by atoms with Crippen LogP contribution in [0.15, 0.2) is 55.6 Å². The molecule has 4 aliphatic rings. The Balaban J connectivity index is 1.58. The van der Waals surface area contributed by atoms with Crippen LogP contribution >= 0.6 is 27.7 Å². The van der Waals surface area contributed by atoms with Crippen molar-refractivity contribution in [1.82, 2.24) is 14.7 Å². The van der Waals surface area contributed by atoms with Crippen LogP contribution in [0.1, 0.15) is 64.4 Å². The maximum Gasteiger partial charge on any atom is 0.247 e. The van der Waals surface area contributed by atoms with E-state index in [9.17, 15) is 19.5 Å². The standard InChI is InChI=1S/C35H48BrN3O4S/c1-5-18-37(21-24-14-10-8-11-15-24)32(41)28-29-33(42)39(27(22-40)23(4)7-3)31(35(29)20-26(36)30(28)44-35)34(43)38(19-6-2)25-16-12-9-13-17-25/h5-6,8,10-11,14-15,23,25-31,40H,1-2,7,9,12-13,16-22H2,3-4H3/t23-,26?,27-,28-,29-,30-,31?,35?/m0/s1. The first-order valence-corrected chi connectivity index (χ1v) is 18.1. The molecule has 3 aliphatic heterocycles. The number of aliphatic hydroxyl groups excluding tert-OH is 1. The Morgan fingerprint density at radius 3 is 2.43 bits per heavy atom. The first-order valence-electron chi connectivity index (χ1n) is 16.3. The molecule has 3 saturated heterocycles. The molecule has 1 aliphatic carbocycles. The van der Waals surface area contributed by atoms with Crippen LogP contribution < -0.4 is 0 Å². The Labute approximate surface area is 275 Å². The molecular weight excluding hydrogens is 638 g/mol. The van der Waals surface area contributed by atoms with E-state index in [2.05, 4.69) is 29.1 Å². The van der Waals surface area contributed by atoms with Gasteiger partial charge in [0, 0.05) is 35.8 Å². The van der Waals surface area contributed by atoms with Gasteiger partial charge < -0.3 is 19.8 Å². The number of fused-ring (bicyclic) bond motifs is 1. The van der Waals surface area contributed by atoms with E-state index in [0.717, 1.165) is 37.7 Å². The molecule has 2 bridgehead atoms. The third-order valence-electron chi connectivity index (χ3n) is 10.6. The first kappa shape index (κ1) is 33.3. The Bertz CT molecular complexity index is 1230. The van der Waals surface area contributed by atoms with E-state index in [-0.39, 0.29) is 46.4 Å². The molecule has 240 valence electrons. The van der Waals surface area contributed by atoms with Crippen molar-refractivity contribution >= 4 is 45.4 Å². The minimum Gasteiger partial charge on any atom is -0.394 e. The van der Waals surface area contributed by atoms with Crippen LogP contribution in [0.4, 0.5) is 0 Å². The van der Waals surface area contributed by atoms with E-state index >= 15 is 0 Å². The summed E-state index contributed by atoms with van der Waals surface area (Å²) >= 11 is 5.59. The number of benzene rings is 1. The summed E-state index contributed by atoms with van der Waals surface area (Å²) in [5.41, 5.74) is 1.01. The van der Waals surface area contributed by atoms with Crippen molar-refractivity contribution in [1.29, 1.82) is 0 Å². The van der Waals surface area contributed by atoms with Crippen LogP contribution in [-0.2, 0) is 20.9 Å². The number of carbonyl (C=O) groups excluding carboxylic acids is 3. The van der Waals surface area contributed by atoms with Crippen LogP contribution in [0.25, 0.3) is 0 Å². The Kier molecular flexibility index (Phi) is 10.7. The van der Waals surface area contributed by atoms with E-state index in [1.807, 2.05) is 49.1 Å². The molecule has 1 aromatic rings. The van der Waals surface area contributed by atoms with E-state index in [0.29, 0.717) is 26.1 Å². The van der Waals surface area contributed by atoms with Crippen LogP contribution in [0.2, 0.25) is 0 Å². The molecule has 5 rings (SSSR count). The van der Waals surface area contributed by atoms with Gasteiger partial charge in [-0.05, 0) is 30.7 Å². The highest BCUT2D eigenvalue weighted by Crippen LogP contribution is 2.68. The summed E-state index contributed by atoms with van der Waals surface area (Å²) in [6, 6.07) is 8.73. The van der Waals surface area contributed by atoms with Gasteiger partial charge in [0.1, 0.15) is 6.04 Å². The fourth-order valence-corrected chi connectivity index (χ4v) is 11.9. The lowest BCUT2D eigenvalue weighted by atomic mass is 9.70. The van der Waals surface area contributed by atoms with Crippen molar-refractivity contribution in [2.24, 2.45) is 17.8 Å². The SMILES string of the molecule is C=CCN(Cc1ccccc1)C(=O)[C@H]1[C@H]2C(=O)N([C@@H](CO)[C@@H](C)CC)C(C(=O)N(CC=C)C3CCCCC3)C23CC(Br)[C@@H]1S3. The lowest BCUT2D eigenvalue weighted by molar-refractivity contribution is -0.149. The zero-order valence-corrected chi connectivity index (χ0v) is 28.6. The molecule has 3 unspecified atom stereocenters. The lowest BCUT2D eigenvalue weighted by Crippen LogP contribution is -2.60. The van der Waals surface area contributed by atoms with Gasteiger partial charge in [0.2, 0.25) is 17.7 Å². The molecule has 8 atom stereocenters. The van der Waals surface area contributed by atoms with Gasteiger partial charge in [-0.3, -0.25) is 14.4 Å². The summed E-state index contributed by atoms with van der Waals surface area (Å²) in [5.74, 6) is -1.50. The number of halogens is 1. The largest absolute Gasteiger partial charge is 0.394 e. The minimum absolute atomic E-state index is 0.0107. The van der Waals surface area contributed by atoms with Gasteiger partial charge in [0.05, 0.1) is 29.2 Å². The number of aliphatic hydroxyl groups is 1. The average Bonchev–Trinajstić information content (AvgIpc) is 3.63. The molecule has 1 N–H and O–H groups in total. The quantitative estimate of drug-likeness (QED) is 0.222.